The van der Waals surface area contributed by atoms with Crippen molar-refractivity contribution in [2.45, 2.75) is 102 Å². The van der Waals surface area contributed by atoms with Crippen molar-refractivity contribution in [3.63, 3.8) is 0 Å². The summed E-state index contributed by atoms with van der Waals surface area (Å²) in [5.41, 5.74) is -1.03. The number of rotatable bonds is 6. The van der Waals surface area contributed by atoms with Crippen LogP contribution >= 0.6 is 15.9 Å². The SMILES string of the molecule is C[C@H]1[C@H](c2ccccc2)OC(=O)[C@H]2[C@@H]3O[C@@]4(C=C3Br)[C@@H]2C(=O)N([C@H](CO)c2ccccc2)[C@@H]4C(=O)N(C(C)(C)CC(C)(C)C)C/C=C\CCC(=O)N1C. The van der Waals surface area contributed by atoms with Gasteiger partial charge in [-0.25, -0.2) is 0 Å². The summed E-state index contributed by atoms with van der Waals surface area (Å²) in [4.78, 5) is 63.8. The Labute approximate surface area is 321 Å². The molecule has 3 amide bonds. The minimum absolute atomic E-state index is 0.113. The van der Waals surface area contributed by atoms with E-state index in [2.05, 4.69) is 36.7 Å². The third-order valence-electron chi connectivity index (χ3n) is 11.3. The molecule has 53 heavy (non-hydrogen) atoms. The lowest BCUT2D eigenvalue weighted by atomic mass is 9.74. The zero-order valence-corrected chi connectivity index (χ0v) is 33.3. The number of amides is 3. The fourth-order valence-corrected chi connectivity index (χ4v) is 9.89. The molecule has 8 atom stereocenters. The van der Waals surface area contributed by atoms with Gasteiger partial charge in [0.2, 0.25) is 17.7 Å². The maximum Gasteiger partial charge on any atom is 0.313 e. The third-order valence-corrected chi connectivity index (χ3v) is 12.0. The van der Waals surface area contributed by atoms with Gasteiger partial charge in [0.25, 0.3) is 0 Å². The lowest BCUT2D eigenvalue weighted by Gasteiger charge is -2.46. The molecule has 5 bridgehead atoms. The number of aliphatic hydroxyl groups is 1. The maximum atomic E-state index is 15.5. The molecule has 0 saturated carbocycles. The van der Waals surface area contributed by atoms with Gasteiger partial charge in [0, 0.05) is 30.0 Å². The smallest absolute Gasteiger partial charge is 0.313 e. The van der Waals surface area contributed by atoms with Crippen molar-refractivity contribution in [1.82, 2.24) is 14.7 Å². The number of allylic oxidation sites excluding steroid dienone is 1. The number of fused-ring (bicyclic) bond motifs is 2. The molecule has 4 heterocycles. The van der Waals surface area contributed by atoms with Crippen LogP contribution in [0.25, 0.3) is 0 Å². The van der Waals surface area contributed by atoms with E-state index < -0.39 is 71.8 Å². The van der Waals surface area contributed by atoms with Gasteiger partial charge in [0.1, 0.15) is 29.8 Å². The molecule has 1 N–H and O–H groups in total. The lowest BCUT2D eigenvalue weighted by Crippen LogP contribution is -2.61. The fourth-order valence-electron chi connectivity index (χ4n) is 9.15. The van der Waals surface area contributed by atoms with Crippen LogP contribution in [-0.4, -0.2) is 93.0 Å². The Balaban J connectivity index is 1.54. The Bertz CT molecular complexity index is 1770. The van der Waals surface area contributed by atoms with Crippen molar-refractivity contribution in [3.05, 3.63) is 94.5 Å². The van der Waals surface area contributed by atoms with Crippen LogP contribution in [0.1, 0.15) is 84.1 Å². The van der Waals surface area contributed by atoms with E-state index in [0.29, 0.717) is 28.5 Å². The molecule has 11 heteroatoms. The molecule has 0 aromatic heterocycles. The third kappa shape index (κ3) is 7.12. The molecule has 2 aromatic carbocycles. The lowest BCUT2D eigenvalue weighted by molar-refractivity contribution is -0.164. The van der Waals surface area contributed by atoms with Gasteiger partial charge in [0.15, 0.2) is 0 Å². The molecule has 2 aromatic rings. The van der Waals surface area contributed by atoms with Crippen LogP contribution in [0.3, 0.4) is 0 Å². The van der Waals surface area contributed by atoms with E-state index in [-0.39, 0.29) is 30.2 Å². The van der Waals surface area contributed by atoms with Gasteiger partial charge in [-0.1, -0.05) is 110 Å². The van der Waals surface area contributed by atoms with Crippen LogP contribution in [0.4, 0.5) is 0 Å². The van der Waals surface area contributed by atoms with Crippen LogP contribution in [0.15, 0.2) is 83.4 Å². The van der Waals surface area contributed by atoms with Gasteiger partial charge >= 0.3 is 5.97 Å². The number of nitrogens with zero attached hydrogens (tertiary/aromatic N) is 3. The number of esters is 1. The summed E-state index contributed by atoms with van der Waals surface area (Å²) in [5, 5.41) is 11.0. The number of halogens is 1. The summed E-state index contributed by atoms with van der Waals surface area (Å²) in [7, 11) is 1.71. The van der Waals surface area contributed by atoms with Gasteiger partial charge in [-0.3, -0.25) is 19.2 Å². The highest BCUT2D eigenvalue weighted by atomic mass is 79.9. The van der Waals surface area contributed by atoms with Crippen LogP contribution in [0, 0.1) is 17.3 Å². The zero-order chi connectivity index (χ0) is 38.5. The highest BCUT2D eigenvalue weighted by Crippen LogP contribution is 2.60. The molecule has 1 spiro atoms. The minimum atomic E-state index is -1.53. The van der Waals surface area contributed by atoms with Crippen molar-refractivity contribution in [3.8, 4) is 0 Å². The molecule has 2 saturated heterocycles. The Hall–Kier alpha value is -3.80. The van der Waals surface area contributed by atoms with Crippen LogP contribution in [0.2, 0.25) is 0 Å². The van der Waals surface area contributed by atoms with Gasteiger partial charge in [-0.15, -0.1) is 0 Å². The number of carbonyl (C=O) groups is 4. The maximum absolute atomic E-state index is 15.5. The number of hydrogen-bond acceptors (Lipinski definition) is 7. The summed E-state index contributed by atoms with van der Waals surface area (Å²) in [6.07, 6.45) is 5.19. The normalized spacial score (nSPS) is 31.0. The average Bonchev–Trinajstić information content (AvgIpc) is 3.70. The van der Waals surface area contributed by atoms with Crippen molar-refractivity contribution >= 4 is 39.6 Å². The van der Waals surface area contributed by atoms with Gasteiger partial charge in [-0.05, 0) is 56.2 Å². The highest BCUT2D eigenvalue weighted by Gasteiger charge is 2.76. The molecule has 2 fully saturated rings. The number of ether oxygens (including phenoxy) is 2. The number of carbonyl (C=O) groups excluding carboxylic acids is 4. The van der Waals surface area contributed by atoms with Gasteiger partial charge in [-0.2, -0.15) is 0 Å². The first-order chi connectivity index (χ1) is 25.0. The first-order valence-electron chi connectivity index (χ1n) is 18.5. The number of cyclic esters (lactones) is 1. The Morgan fingerprint density at radius 1 is 0.925 bits per heavy atom. The van der Waals surface area contributed by atoms with Gasteiger partial charge < -0.3 is 29.3 Å². The molecule has 284 valence electrons. The van der Waals surface area contributed by atoms with E-state index in [1.54, 1.807) is 22.9 Å². The second-order valence-corrected chi connectivity index (χ2v) is 17.6. The average molecular weight is 791 g/mol. The standard InChI is InChI=1S/C42H52BrN3O7/c1-26-34(28-19-13-9-14-20-28)52-39(51)32-33-37(49)46(30(24-47)27-17-11-8-12-18-27)36(42(33)23-29(43)35(32)53-42)38(50)45(41(5,6)25-40(2,3)4)22-16-10-15-21-31(48)44(26)7/h8-14,16-20,23,26,30,32-36,47H,15,21-22,24-25H2,1-7H3/b16-10-/t26-,30+,32+,33-,34+,35+,36+,42-/m0/s1. The molecular formula is C42H52BrN3O7. The second-order valence-electron chi connectivity index (χ2n) is 16.7. The van der Waals surface area contributed by atoms with E-state index >= 15 is 9.59 Å². The molecule has 0 radical (unpaired) electrons. The van der Waals surface area contributed by atoms with Crippen molar-refractivity contribution in [2.24, 2.45) is 17.3 Å². The number of aliphatic hydroxyl groups excluding tert-OH is 1. The zero-order valence-electron chi connectivity index (χ0n) is 31.7. The molecule has 0 unspecified atom stereocenters. The van der Waals surface area contributed by atoms with Crippen molar-refractivity contribution in [1.29, 1.82) is 0 Å². The molecule has 4 aliphatic rings. The van der Waals surface area contributed by atoms with E-state index in [4.69, 9.17) is 9.47 Å². The van der Waals surface area contributed by atoms with E-state index in [1.165, 1.54) is 4.90 Å². The second kappa shape index (κ2) is 14.8. The molecule has 4 aliphatic heterocycles. The number of benzene rings is 2. The summed E-state index contributed by atoms with van der Waals surface area (Å²) in [6, 6.07) is 15.8. The quantitative estimate of drug-likeness (QED) is 0.277. The topological polar surface area (TPSA) is 117 Å². The Morgan fingerprint density at radius 3 is 2.19 bits per heavy atom. The summed E-state index contributed by atoms with van der Waals surface area (Å²) < 4.78 is 13.7. The molecule has 0 aliphatic carbocycles. The Morgan fingerprint density at radius 2 is 1.57 bits per heavy atom. The summed E-state index contributed by atoms with van der Waals surface area (Å²) >= 11 is 3.66. The van der Waals surface area contributed by atoms with Gasteiger partial charge in [0.05, 0.1) is 24.6 Å². The van der Waals surface area contributed by atoms with Crippen LogP contribution in [0.5, 0.6) is 0 Å². The number of hydrogen-bond donors (Lipinski definition) is 1. The summed E-state index contributed by atoms with van der Waals surface area (Å²) in [5.74, 6) is -3.81. The Kier molecular flexibility index (Phi) is 10.9. The molecular weight excluding hydrogens is 738 g/mol. The monoisotopic (exact) mass is 789 g/mol. The predicted molar refractivity (Wildman–Crippen MR) is 204 cm³/mol. The van der Waals surface area contributed by atoms with Crippen molar-refractivity contribution < 1.29 is 33.8 Å². The molecule has 6 rings (SSSR count). The van der Waals surface area contributed by atoms with E-state index in [0.717, 1.165) is 0 Å². The largest absolute Gasteiger partial charge is 0.455 e. The first-order valence-corrected chi connectivity index (χ1v) is 19.3. The minimum Gasteiger partial charge on any atom is -0.455 e. The first kappa shape index (κ1) is 38.9. The van der Waals surface area contributed by atoms with E-state index in [9.17, 15) is 14.7 Å². The van der Waals surface area contributed by atoms with Crippen LogP contribution < -0.4 is 0 Å². The number of likely N-dealkylation sites (N-methyl/N-ethyl adjacent to an activating group) is 1. The predicted octanol–water partition coefficient (Wildman–Crippen LogP) is 6.12. The number of likely N-dealkylation sites (tertiary alicyclic amines) is 1. The van der Waals surface area contributed by atoms with E-state index in [1.807, 2.05) is 93.6 Å². The van der Waals surface area contributed by atoms with Crippen LogP contribution in [-0.2, 0) is 28.7 Å². The fraction of sp³-hybridized carbons (Fsp3) is 0.524. The molecule has 10 nitrogen and oxygen atoms in total. The summed E-state index contributed by atoms with van der Waals surface area (Å²) in [6.45, 7) is 12.0. The highest BCUT2D eigenvalue weighted by molar-refractivity contribution is 9.11. The van der Waals surface area contributed by atoms with Crippen molar-refractivity contribution in [2.75, 3.05) is 20.2 Å².